The van der Waals surface area contributed by atoms with E-state index in [0.29, 0.717) is 18.6 Å². The number of hydrogen-bond acceptors (Lipinski definition) is 2. The number of anilines is 1. The molecule has 1 rings (SSSR count). The number of hydrogen-bond donors (Lipinski definition) is 1. The first-order valence-electron chi connectivity index (χ1n) is 6.58. The molecule has 1 aromatic rings. The van der Waals surface area contributed by atoms with Crippen LogP contribution < -0.4 is 5.73 Å². The van der Waals surface area contributed by atoms with Gasteiger partial charge in [0.1, 0.15) is 5.78 Å². The lowest BCUT2D eigenvalue weighted by Gasteiger charge is -2.02. The zero-order chi connectivity index (χ0) is 12.5. The van der Waals surface area contributed by atoms with Gasteiger partial charge in [0, 0.05) is 18.5 Å². The molecule has 2 nitrogen and oxygen atoms in total. The summed E-state index contributed by atoms with van der Waals surface area (Å²) in [4.78, 5) is 11.7. The average molecular weight is 233 g/mol. The average Bonchev–Trinajstić information content (AvgIpc) is 2.29. The Morgan fingerprint density at radius 1 is 1.18 bits per heavy atom. The number of carbonyl (C=O) groups is 1. The second-order valence-electron chi connectivity index (χ2n) is 4.62. The molecule has 0 fully saturated rings. The van der Waals surface area contributed by atoms with Gasteiger partial charge in [0.25, 0.3) is 0 Å². The maximum Gasteiger partial charge on any atom is 0.137 e. The normalized spacial score (nSPS) is 10.4. The van der Waals surface area contributed by atoms with E-state index in [1.54, 1.807) is 0 Å². The molecule has 1 aromatic carbocycles. The van der Waals surface area contributed by atoms with E-state index < -0.39 is 0 Å². The summed E-state index contributed by atoms with van der Waals surface area (Å²) in [5.41, 5.74) is 7.44. The van der Waals surface area contributed by atoms with E-state index in [1.807, 2.05) is 24.3 Å². The lowest BCUT2D eigenvalue weighted by molar-refractivity contribution is -0.118. The second kappa shape index (κ2) is 7.88. The fourth-order valence-electron chi connectivity index (χ4n) is 1.94. The Balaban J connectivity index is 2.21. The van der Waals surface area contributed by atoms with Gasteiger partial charge in [0.15, 0.2) is 0 Å². The summed E-state index contributed by atoms with van der Waals surface area (Å²) in [6.07, 6.45) is 7.22. The summed E-state index contributed by atoms with van der Waals surface area (Å²) in [5.74, 6) is 0.326. The molecular formula is C15H23NO. The van der Waals surface area contributed by atoms with Gasteiger partial charge in [0.2, 0.25) is 0 Å². The standard InChI is InChI=1S/C15H23NO/c1-2-3-4-5-6-10-15(17)12-13-8-7-9-14(16)11-13/h7-9,11H,2-6,10,12,16H2,1H3. The molecule has 0 saturated carbocycles. The van der Waals surface area contributed by atoms with Crippen molar-refractivity contribution in [1.29, 1.82) is 0 Å². The molecule has 17 heavy (non-hydrogen) atoms. The van der Waals surface area contributed by atoms with Crippen LogP contribution in [0.2, 0.25) is 0 Å². The van der Waals surface area contributed by atoms with E-state index in [4.69, 9.17) is 5.73 Å². The molecule has 0 radical (unpaired) electrons. The van der Waals surface area contributed by atoms with Crippen LogP contribution in [0.5, 0.6) is 0 Å². The summed E-state index contributed by atoms with van der Waals surface area (Å²) in [6.45, 7) is 2.20. The molecule has 0 aromatic heterocycles. The molecule has 0 bridgehead atoms. The topological polar surface area (TPSA) is 43.1 Å². The minimum absolute atomic E-state index is 0.326. The molecule has 0 aliphatic carbocycles. The lowest BCUT2D eigenvalue weighted by atomic mass is 10.0. The Bertz CT molecular complexity index is 347. The molecule has 0 unspecified atom stereocenters. The SMILES string of the molecule is CCCCCCCC(=O)Cc1cccc(N)c1. The Hall–Kier alpha value is -1.31. The number of ketones is 1. The van der Waals surface area contributed by atoms with Gasteiger partial charge < -0.3 is 5.73 Å². The van der Waals surface area contributed by atoms with Gasteiger partial charge in [-0.3, -0.25) is 4.79 Å². The van der Waals surface area contributed by atoms with Crippen LogP contribution in [0.3, 0.4) is 0 Å². The molecule has 0 heterocycles. The van der Waals surface area contributed by atoms with Crippen molar-refractivity contribution in [2.45, 2.75) is 51.9 Å². The van der Waals surface area contributed by atoms with Gasteiger partial charge in [0.05, 0.1) is 0 Å². The maximum absolute atomic E-state index is 11.7. The molecule has 0 saturated heterocycles. The van der Waals surface area contributed by atoms with E-state index in [9.17, 15) is 4.79 Å². The second-order valence-corrected chi connectivity index (χ2v) is 4.62. The van der Waals surface area contributed by atoms with Crippen LogP contribution in [0.25, 0.3) is 0 Å². The van der Waals surface area contributed by atoms with Gasteiger partial charge in [-0.2, -0.15) is 0 Å². The van der Waals surface area contributed by atoms with E-state index in [1.165, 1.54) is 25.7 Å². The van der Waals surface area contributed by atoms with Gasteiger partial charge in [-0.05, 0) is 24.1 Å². The smallest absolute Gasteiger partial charge is 0.137 e. The van der Waals surface area contributed by atoms with Crippen molar-refractivity contribution in [3.05, 3.63) is 29.8 Å². The van der Waals surface area contributed by atoms with Crippen molar-refractivity contribution in [2.24, 2.45) is 0 Å². The van der Waals surface area contributed by atoms with Crippen LogP contribution in [0.4, 0.5) is 5.69 Å². The summed E-state index contributed by atoms with van der Waals surface area (Å²) in [7, 11) is 0. The summed E-state index contributed by atoms with van der Waals surface area (Å²) < 4.78 is 0. The number of nitrogen functional groups attached to an aromatic ring is 1. The van der Waals surface area contributed by atoms with Crippen molar-refractivity contribution in [3.63, 3.8) is 0 Å². The first-order chi connectivity index (χ1) is 8.22. The number of unbranched alkanes of at least 4 members (excludes halogenated alkanes) is 4. The maximum atomic E-state index is 11.7. The number of Topliss-reactive ketones (excluding diaryl/α,β-unsaturated/α-hetero) is 1. The summed E-state index contributed by atoms with van der Waals surface area (Å²) in [5, 5.41) is 0. The number of nitrogens with two attached hydrogens (primary N) is 1. The molecule has 0 aliphatic heterocycles. The van der Waals surface area contributed by atoms with E-state index >= 15 is 0 Å². The third-order valence-electron chi connectivity index (χ3n) is 2.91. The highest BCUT2D eigenvalue weighted by molar-refractivity contribution is 5.81. The number of benzene rings is 1. The van der Waals surface area contributed by atoms with Gasteiger partial charge in [-0.1, -0.05) is 44.7 Å². The molecule has 94 valence electrons. The van der Waals surface area contributed by atoms with Crippen molar-refractivity contribution >= 4 is 11.5 Å². The highest BCUT2D eigenvalue weighted by Crippen LogP contribution is 2.10. The highest BCUT2D eigenvalue weighted by Gasteiger charge is 2.03. The predicted molar refractivity (Wildman–Crippen MR) is 72.9 cm³/mol. The van der Waals surface area contributed by atoms with E-state index in [-0.39, 0.29) is 0 Å². The third kappa shape index (κ3) is 6.10. The minimum atomic E-state index is 0.326. The lowest BCUT2D eigenvalue weighted by Crippen LogP contribution is -2.02. The predicted octanol–water partition coefficient (Wildman–Crippen LogP) is 3.74. The van der Waals surface area contributed by atoms with Crippen LogP contribution in [0.15, 0.2) is 24.3 Å². The summed E-state index contributed by atoms with van der Waals surface area (Å²) >= 11 is 0. The quantitative estimate of drug-likeness (QED) is 0.549. The molecule has 0 spiro atoms. The molecule has 0 aliphatic rings. The van der Waals surface area contributed by atoms with E-state index in [0.717, 1.165) is 17.7 Å². The zero-order valence-electron chi connectivity index (χ0n) is 10.7. The van der Waals surface area contributed by atoms with Crippen LogP contribution in [0, 0.1) is 0 Å². The van der Waals surface area contributed by atoms with Crippen molar-refractivity contribution in [2.75, 3.05) is 5.73 Å². The fourth-order valence-corrected chi connectivity index (χ4v) is 1.94. The van der Waals surface area contributed by atoms with Crippen molar-refractivity contribution in [1.82, 2.24) is 0 Å². The van der Waals surface area contributed by atoms with Crippen LogP contribution in [-0.2, 0) is 11.2 Å². The summed E-state index contributed by atoms with van der Waals surface area (Å²) in [6, 6.07) is 7.60. The zero-order valence-corrected chi connectivity index (χ0v) is 10.7. The Labute approximate surface area is 104 Å². The molecule has 2 heteroatoms. The fraction of sp³-hybridized carbons (Fsp3) is 0.533. The van der Waals surface area contributed by atoms with Crippen LogP contribution in [0.1, 0.15) is 51.0 Å². The van der Waals surface area contributed by atoms with Crippen molar-refractivity contribution in [3.8, 4) is 0 Å². The number of carbonyl (C=O) groups excluding carboxylic acids is 1. The van der Waals surface area contributed by atoms with Gasteiger partial charge in [-0.25, -0.2) is 0 Å². The molecule has 0 atom stereocenters. The van der Waals surface area contributed by atoms with Gasteiger partial charge in [-0.15, -0.1) is 0 Å². The Morgan fingerprint density at radius 2 is 1.94 bits per heavy atom. The van der Waals surface area contributed by atoms with Crippen molar-refractivity contribution < 1.29 is 4.79 Å². The van der Waals surface area contributed by atoms with Crippen LogP contribution in [-0.4, -0.2) is 5.78 Å². The van der Waals surface area contributed by atoms with Crippen LogP contribution >= 0.6 is 0 Å². The monoisotopic (exact) mass is 233 g/mol. The molecule has 2 N–H and O–H groups in total. The first-order valence-corrected chi connectivity index (χ1v) is 6.58. The Morgan fingerprint density at radius 3 is 2.65 bits per heavy atom. The van der Waals surface area contributed by atoms with E-state index in [2.05, 4.69) is 6.92 Å². The largest absolute Gasteiger partial charge is 0.399 e. The third-order valence-corrected chi connectivity index (χ3v) is 2.91. The number of rotatable bonds is 8. The molecule has 0 amide bonds. The first kappa shape index (κ1) is 13.8. The van der Waals surface area contributed by atoms with Gasteiger partial charge >= 0.3 is 0 Å². The minimum Gasteiger partial charge on any atom is -0.399 e. The molecular weight excluding hydrogens is 210 g/mol. The Kier molecular flexibility index (Phi) is 6.38. The highest BCUT2D eigenvalue weighted by atomic mass is 16.1.